The van der Waals surface area contributed by atoms with Crippen LogP contribution in [-0.2, 0) is 13.0 Å². The lowest BCUT2D eigenvalue weighted by Gasteiger charge is -2.31. The number of carbonyl (C=O) groups is 1. The second-order valence-corrected chi connectivity index (χ2v) is 7.01. The Bertz CT molecular complexity index is 922. The smallest absolute Gasteiger partial charge is 0.252 e. The molecule has 2 N–H and O–H groups in total. The van der Waals surface area contributed by atoms with Crippen molar-refractivity contribution in [2.75, 3.05) is 13.1 Å². The van der Waals surface area contributed by atoms with Crippen molar-refractivity contribution in [1.29, 1.82) is 0 Å². The lowest BCUT2D eigenvalue weighted by atomic mass is 9.99. The van der Waals surface area contributed by atoms with Gasteiger partial charge in [0.15, 0.2) is 5.82 Å². The third kappa shape index (κ3) is 3.90. The quantitative estimate of drug-likeness (QED) is 0.733. The molecular formula is C21H23N5O. The van der Waals surface area contributed by atoms with Gasteiger partial charge in [-0.1, -0.05) is 42.5 Å². The Labute approximate surface area is 158 Å². The first-order valence-electron chi connectivity index (χ1n) is 9.25. The molecule has 1 aromatic heterocycles. The minimum absolute atomic E-state index is 0.0468. The third-order valence-electron chi connectivity index (χ3n) is 4.96. The summed E-state index contributed by atoms with van der Waals surface area (Å²) in [5.74, 6) is 0.507. The molecule has 6 heteroatoms. The van der Waals surface area contributed by atoms with E-state index in [4.69, 9.17) is 0 Å². The lowest BCUT2D eigenvalue weighted by molar-refractivity contribution is 0.0927. The van der Waals surface area contributed by atoms with Crippen molar-refractivity contribution in [3.8, 4) is 11.4 Å². The largest absolute Gasteiger partial charge is 0.348 e. The molecule has 2 heterocycles. The second kappa shape index (κ2) is 7.72. The SMILES string of the molecule is C[C@H](CN1CCc2ccccc2C1)NC(=O)c1ccccc1-c1ncn[nH]1. The maximum atomic E-state index is 12.8. The number of hydrogen-bond acceptors (Lipinski definition) is 4. The van der Waals surface area contributed by atoms with Gasteiger partial charge in [-0.3, -0.25) is 14.8 Å². The van der Waals surface area contributed by atoms with Gasteiger partial charge in [0.25, 0.3) is 5.91 Å². The van der Waals surface area contributed by atoms with E-state index in [1.165, 1.54) is 17.5 Å². The Morgan fingerprint density at radius 1 is 1.19 bits per heavy atom. The topological polar surface area (TPSA) is 73.9 Å². The molecule has 0 saturated heterocycles. The zero-order valence-corrected chi connectivity index (χ0v) is 15.4. The standard InChI is InChI=1S/C21H23N5O/c1-15(12-26-11-10-16-6-2-3-7-17(16)13-26)24-21(27)19-9-5-4-8-18(19)20-22-14-23-25-20/h2-9,14-15H,10-13H2,1H3,(H,24,27)(H,22,23,25)/t15-/m1/s1. The predicted octanol–water partition coefficient (Wildman–Crippen LogP) is 2.65. The van der Waals surface area contributed by atoms with Crippen LogP contribution in [0.5, 0.6) is 0 Å². The van der Waals surface area contributed by atoms with E-state index in [1.54, 1.807) is 0 Å². The second-order valence-electron chi connectivity index (χ2n) is 7.01. The first kappa shape index (κ1) is 17.4. The van der Waals surface area contributed by atoms with Gasteiger partial charge in [0, 0.05) is 31.2 Å². The number of amides is 1. The molecule has 0 saturated carbocycles. The number of aromatic nitrogens is 3. The van der Waals surface area contributed by atoms with Crippen LogP contribution in [0.3, 0.4) is 0 Å². The van der Waals surface area contributed by atoms with Gasteiger partial charge in [0.2, 0.25) is 0 Å². The third-order valence-corrected chi connectivity index (χ3v) is 4.96. The molecule has 1 aliphatic rings. The zero-order valence-electron chi connectivity index (χ0n) is 15.4. The first-order chi connectivity index (χ1) is 13.2. The van der Waals surface area contributed by atoms with Crippen molar-refractivity contribution >= 4 is 5.91 Å². The Morgan fingerprint density at radius 2 is 1.96 bits per heavy atom. The predicted molar refractivity (Wildman–Crippen MR) is 104 cm³/mol. The van der Waals surface area contributed by atoms with Crippen molar-refractivity contribution in [2.24, 2.45) is 0 Å². The zero-order chi connectivity index (χ0) is 18.6. The summed E-state index contributed by atoms with van der Waals surface area (Å²) < 4.78 is 0. The number of nitrogens with one attached hydrogen (secondary N) is 2. The number of rotatable bonds is 5. The van der Waals surface area contributed by atoms with Gasteiger partial charge in [-0.2, -0.15) is 5.10 Å². The molecule has 0 aliphatic carbocycles. The fourth-order valence-electron chi connectivity index (χ4n) is 3.67. The molecule has 1 aliphatic heterocycles. The average molecular weight is 361 g/mol. The minimum Gasteiger partial charge on any atom is -0.348 e. The molecule has 0 bridgehead atoms. The molecule has 0 spiro atoms. The fraction of sp³-hybridized carbons (Fsp3) is 0.286. The fourth-order valence-corrected chi connectivity index (χ4v) is 3.67. The van der Waals surface area contributed by atoms with Gasteiger partial charge in [-0.05, 0) is 30.5 Å². The van der Waals surface area contributed by atoms with Crippen LogP contribution in [0.2, 0.25) is 0 Å². The normalized spacial score (nSPS) is 15.1. The Hall–Kier alpha value is -2.99. The molecule has 1 amide bonds. The minimum atomic E-state index is -0.0908. The van der Waals surface area contributed by atoms with Crippen molar-refractivity contribution in [1.82, 2.24) is 25.4 Å². The number of nitrogens with zero attached hydrogens (tertiary/aromatic N) is 3. The van der Waals surface area contributed by atoms with E-state index in [1.807, 2.05) is 24.3 Å². The number of benzene rings is 2. The number of aromatic amines is 1. The van der Waals surface area contributed by atoms with Gasteiger partial charge in [0.05, 0.1) is 5.56 Å². The van der Waals surface area contributed by atoms with E-state index in [0.29, 0.717) is 11.4 Å². The Balaban J connectivity index is 1.41. The van der Waals surface area contributed by atoms with Crippen LogP contribution < -0.4 is 5.32 Å². The summed E-state index contributed by atoms with van der Waals surface area (Å²) in [5, 5.41) is 9.84. The maximum absolute atomic E-state index is 12.8. The maximum Gasteiger partial charge on any atom is 0.252 e. The highest BCUT2D eigenvalue weighted by Gasteiger charge is 2.20. The summed E-state index contributed by atoms with van der Waals surface area (Å²) in [6.07, 6.45) is 2.51. The summed E-state index contributed by atoms with van der Waals surface area (Å²) in [7, 11) is 0. The van der Waals surface area contributed by atoms with E-state index in [9.17, 15) is 4.79 Å². The molecule has 2 aromatic carbocycles. The highest BCUT2D eigenvalue weighted by molar-refractivity contribution is 6.00. The van der Waals surface area contributed by atoms with E-state index >= 15 is 0 Å². The monoisotopic (exact) mass is 361 g/mol. The molecule has 4 rings (SSSR count). The summed E-state index contributed by atoms with van der Waals surface area (Å²) in [4.78, 5) is 19.4. The Kier molecular flexibility index (Phi) is 4.98. The van der Waals surface area contributed by atoms with Crippen molar-refractivity contribution in [3.05, 3.63) is 71.5 Å². The highest BCUT2D eigenvalue weighted by Crippen LogP contribution is 2.20. The molecule has 0 radical (unpaired) electrons. The summed E-state index contributed by atoms with van der Waals surface area (Å²) in [6, 6.07) is 16.1. The molecule has 0 fully saturated rings. The van der Waals surface area contributed by atoms with Crippen molar-refractivity contribution in [2.45, 2.75) is 25.9 Å². The van der Waals surface area contributed by atoms with Crippen LogP contribution in [0.1, 0.15) is 28.4 Å². The Morgan fingerprint density at radius 3 is 2.78 bits per heavy atom. The lowest BCUT2D eigenvalue weighted by Crippen LogP contribution is -2.43. The van der Waals surface area contributed by atoms with Crippen LogP contribution >= 0.6 is 0 Å². The van der Waals surface area contributed by atoms with Gasteiger partial charge < -0.3 is 5.32 Å². The van der Waals surface area contributed by atoms with Crippen LogP contribution in [0.4, 0.5) is 0 Å². The summed E-state index contributed by atoms with van der Waals surface area (Å²) >= 11 is 0. The average Bonchev–Trinajstić information content (AvgIpc) is 3.22. The van der Waals surface area contributed by atoms with Crippen LogP contribution in [0.25, 0.3) is 11.4 Å². The van der Waals surface area contributed by atoms with E-state index in [2.05, 4.69) is 56.6 Å². The number of fused-ring (bicyclic) bond motifs is 1. The van der Waals surface area contributed by atoms with E-state index < -0.39 is 0 Å². The van der Waals surface area contributed by atoms with Crippen LogP contribution in [0.15, 0.2) is 54.9 Å². The van der Waals surface area contributed by atoms with Crippen LogP contribution in [0, 0.1) is 0 Å². The first-order valence-corrected chi connectivity index (χ1v) is 9.25. The van der Waals surface area contributed by atoms with Crippen molar-refractivity contribution in [3.63, 3.8) is 0 Å². The van der Waals surface area contributed by atoms with Gasteiger partial charge in [0.1, 0.15) is 6.33 Å². The number of H-pyrrole nitrogens is 1. The molecule has 1 atom stereocenters. The number of carbonyl (C=O) groups excluding carboxylic acids is 1. The van der Waals surface area contributed by atoms with Crippen molar-refractivity contribution < 1.29 is 4.79 Å². The molecular weight excluding hydrogens is 338 g/mol. The van der Waals surface area contributed by atoms with Gasteiger partial charge in [-0.15, -0.1) is 0 Å². The number of hydrogen-bond donors (Lipinski definition) is 2. The molecule has 138 valence electrons. The molecule has 6 nitrogen and oxygen atoms in total. The molecule has 0 unspecified atom stereocenters. The highest BCUT2D eigenvalue weighted by atomic mass is 16.1. The van der Waals surface area contributed by atoms with Gasteiger partial charge in [-0.25, -0.2) is 4.98 Å². The molecule has 27 heavy (non-hydrogen) atoms. The summed E-state index contributed by atoms with van der Waals surface area (Å²) in [5.41, 5.74) is 4.18. The summed E-state index contributed by atoms with van der Waals surface area (Å²) in [6.45, 7) is 4.83. The van der Waals surface area contributed by atoms with Gasteiger partial charge >= 0.3 is 0 Å². The molecule has 3 aromatic rings. The van der Waals surface area contributed by atoms with Crippen LogP contribution in [-0.4, -0.2) is 45.1 Å². The van der Waals surface area contributed by atoms with E-state index in [-0.39, 0.29) is 11.9 Å². The van der Waals surface area contributed by atoms with E-state index in [0.717, 1.165) is 31.6 Å².